The summed E-state index contributed by atoms with van der Waals surface area (Å²) in [5.41, 5.74) is 4.24. The smallest absolute Gasteiger partial charge is 0.240 e. The molecule has 6 heteroatoms. The number of carbonyl (C=O) groups excluding carboxylic acids is 1. The van der Waals surface area contributed by atoms with Gasteiger partial charge in [0.15, 0.2) is 11.5 Å². The van der Waals surface area contributed by atoms with Gasteiger partial charge in [0.25, 0.3) is 0 Å². The summed E-state index contributed by atoms with van der Waals surface area (Å²) in [6, 6.07) is 14.7. The number of ether oxygens (including phenoxy) is 1. The van der Waals surface area contributed by atoms with E-state index < -0.39 is 0 Å². The Morgan fingerprint density at radius 3 is 2.79 bits per heavy atom. The number of anilines is 1. The third-order valence-corrected chi connectivity index (χ3v) is 3.29. The van der Waals surface area contributed by atoms with Crippen molar-refractivity contribution in [2.75, 3.05) is 19.0 Å². The second kappa shape index (κ2) is 9.19. The quantitative estimate of drug-likeness (QED) is 0.395. The summed E-state index contributed by atoms with van der Waals surface area (Å²) in [6.07, 6.45) is 2.60. The van der Waals surface area contributed by atoms with Crippen LogP contribution < -0.4 is 15.5 Å². The van der Waals surface area contributed by atoms with Gasteiger partial charge < -0.3 is 15.2 Å². The van der Waals surface area contributed by atoms with E-state index in [-0.39, 0.29) is 11.7 Å². The lowest BCUT2D eigenvalue weighted by Crippen LogP contribution is -2.18. The highest BCUT2D eigenvalue weighted by atomic mass is 16.5. The van der Waals surface area contributed by atoms with Crippen molar-refractivity contribution in [3.8, 4) is 11.5 Å². The first-order valence-corrected chi connectivity index (χ1v) is 7.67. The summed E-state index contributed by atoms with van der Waals surface area (Å²) in [4.78, 5) is 11.7. The van der Waals surface area contributed by atoms with Crippen LogP contribution in [-0.4, -0.2) is 30.9 Å². The van der Waals surface area contributed by atoms with Crippen molar-refractivity contribution < 1.29 is 14.6 Å². The average Bonchev–Trinajstić information content (AvgIpc) is 2.61. The molecular weight excluding hydrogens is 306 g/mol. The number of hydrazone groups is 1. The summed E-state index contributed by atoms with van der Waals surface area (Å²) in [5, 5.41) is 16.7. The van der Waals surface area contributed by atoms with Crippen molar-refractivity contribution in [1.29, 1.82) is 0 Å². The lowest BCUT2D eigenvalue weighted by molar-refractivity contribution is -0.121. The number of para-hydroxylation sites is 1. The summed E-state index contributed by atoms with van der Waals surface area (Å²) in [7, 11) is 1.47. The van der Waals surface area contributed by atoms with Crippen LogP contribution in [0.5, 0.6) is 11.5 Å². The fourth-order valence-electron chi connectivity index (χ4n) is 2.05. The Hall–Kier alpha value is -3.02. The number of benzene rings is 2. The van der Waals surface area contributed by atoms with Gasteiger partial charge in [-0.3, -0.25) is 4.79 Å². The molecule has 3 N–H and O–H groups in total. The topological polar surface area (TPSA) is 83.0 Å². The molecule has 2 aromatic carbocycles. The number of nitrogens with one attached hydrogen (secondary N) is 2. The van der Waals surface area contributed by atoms with Crippen LogP contribution in [0.1, 0.15) is 18.4 Å². The van der Waals surface area contributed by atoms with Crippen LogP contribution in [0.3, 0.4) is 0 Å². The molecule has 0 bridgehead atoms. The third kappa shape index (κ3) is 5.64. The van der Waals surface area contributed by atoms with Crippen LogP contribution in [0, 0.1) is 0 Å². The number of methoxy groups -OCH3 is 1. The number of hydrogen-bond donors (Lipinski definition) is 3. The standard InChI is InChI=1S/C18H21N3O3/c1-24-17-12-14(9-10-16(17)22)13-20-21-18(23)8-5-11-19-15-6-3-2-4-7-15/h2-4,6-7,9-10,12-13,19,22H,5,8,11H2,1H3,(H,21,23)/b20-13+. The number of phenols is 1. The highest BCUT2D eigenvalue weighted by Gasteiger charge is 2.02. The molecule has 1 amide bonds. The minimum absolute atomic E-state index is 0.0598. The SMILES string of the molecule is COc1cc(/C=N/NC(=O)CCCNc2ccccc2)ccc1O. The van der Waals surface area contributed by atoms with E-state index in [9.17, 15) is 9.90 Å². The molecule has 2 rings (SSSR count). The number of amides is 1. The highest BCUT2D eigenvalue weighted by Crippen LogP contribution is 2.25. The van der Waals surface area contributed by atoms with E-state index in [1.165, 1.54) is 19.4 Å². The molecule has 0 radical (unpaired) electrons. The number of rotatable bonds is 8. The van der Waals surface area contributed by atoms with Crippen molar-refractivity contribution in [1.82, 2.24) is 5.43 Å². The molecule has 0 saturated heterocycles. The third-order valence-electron chi connectivity index (χ3n) is 3.29. The molecule has 2 aromatic rings. The van der Waals surface area contributed by atoms with Crippen molar-refractivity contribution in [3.63, 3.8) is 0 Å². The van der Waals surface area contributed by atoms with Crippen LogP contribution in [0.25, 0.3) is 0 Å². The van der Waals surface area contributed by atoms with E-state index in [1.807, 2.05) is 30.3 Å². The Kier molecular flexibility index (Phi) is 6.64. The van der Waals surface area contributed by atoms with Gasteiger partial charge in [0.2, 0.25) is 5.91 Å². The zero-order chi connectivity index (χ0) is 17.2. The van der Waals surface area contributed by atoms with Gasteiger partial charge in [-0.15, -0.1) is 0 Å². The lowest BCUT2D eigenvalue weighted by atomic mass is 10.2. The minimum atomic E-state index is -0.146. The van der Waals surface area contributed by atoms with Crippen molar-refractivity contribution >= 4 is 17.8 Å². The van der Waals surface area contributed by atoms with Gasteiger partial charge in [-0.25, -0.2) is 5.43 Å². The van der Waals surface area contributed by atoms with Crippen LogP contribution in [-0.2, 0) is 4.79 Å². The summed E-state index contributed by atoms with van der Waals surface area (Å²) in [6.45, 7) is 0.719. The maximum Gasteiger partial charge on any atom is 0.240 e. The first-order valence-electron chi connectivity index (χ1n) is 7.67. The van der Waals surface area contributed by atoms with Crippen molar-refractivity contribution in [2.45, 2.75) is 12.8 Å². The monoisotopic (exact) mass is 327 g/mol. The Morgan fingerprint density at radius 1 is 1.25 bits per heavy atom. The number of carbonyl (C=O) groups is 1. The molecule has 0 aliphatic heterocycles. The van der Waals surface area contributed by atoms with Crippen LogP contribution in [0.2, 0.25) is 0 Å². The molecule has 24 heavy (non-hydrogen) atoms. The Labute approximate surface area is 141 Å². The zero-order valence-electron chi connectivity index (χ0n) is 13.5. The molecule has 0 spiro atoms. The molecule has 0 heterocycles. The van der Waals surface area contributed by atoms with Crippen LogP contribution >= 0.6 is 0 Å². The van der Waals surface area contributed by atoms with Crippen molar-refractivity contribution in [2.24, 2.45) is 5.10 Å². The van der Waals surface area contributed by atoms with E-state index >= 15 is 0 Å². The molecule has 0 aliphatic carbocycles. The van der Waals surface area contributed by atoms with Crippen molar-refractivity contribution in [3.05, 3.63) is 54.1 Å². The van der Waals surface area contributed by atoms with E-state index in [0.29, 0.717) is 18.6 Å². The summed E-state index contributed by atoms with van der Waals surface area (Å²) in [5.74, 6) is 0.272. The summed E-state index contributed by atoms with van der Waals surface area (Å²) >= 11 is 0. The lowest BCUT2D eigenvalue weighted by Gasteiger charge is -2.05. The predicted molar refractivity (Wildman–Crippen MR) is 94.6 cm³/mol. The molecule has 6 nitrogen and oxygen atoms in total. The zero-order valence-corrected chi connectivity index (χ0v) is 13.5. The van der Waals surface area contributed by atoms with Gasteiger partial charge in [-0.1, -0.05) is 18.2 Å². The molecule has 0 aromatic heterocycles. The number of phenolic OH excluding ortho intramolecular Hbond substituents is 1. The maximum absolute atomic E-state index is 11.7. The van der Waals surface area contributed by atoms with Gasteiger partial charge in [-0.05, 0) is 42.3 Å². The molecular formula is C18H21N3O3. The number of nitrogens with zero attached hydrogens (tertiary/aromatic N) is 1. The molecule has 0 fully saturated rings. The van der Waals surface area contributed by atoms with Gasteiger partial charge in [0.05, 0.1) is 13.3 Å². The maximum atomic E-state index is 11.7. The van der Waals surface area contributed by atoms with E-state index in [0.717, 1.165) is 17.8 Å². The fraction of sp³-hybridized carbons (Fsp3) is 0.222. The van der Waals surface area contributed by atoms with Crippen LogP contribution in [0.15, 0.2) is 53.6 Å². The molecule has 126 valence electrons. The Balaban J connectivity index is 1.69. The van der Waals surface area contributed by atoms with Gasteiger partial charge in [-0.2, -0.15) is 5.10 Å². The summed E-state index contributed by atoms with van der Waals surface area (Å²) < 4.78 is 5.01. The van der Waals surface area contributed by atoms with E-state index in [1.54, 1.807) is 12.1 Å². The minimum Gasteiger partial charge on any atom is -0.504 e. The average molecular weight is 327 g/mol. The second-order valence-corrected chi connectivity index (χ2v) is 5.12. The number of aromatic hydroxyl groups is 1. The van der Waals surface area contributed by atoms with Gasteiger partial charge >= 0.3 is 0 Å². The molecule has 0 saturated carbocycles. The first kappa shape index (κ1) is 17.3. The Morgan fingerprint density at radius 2 is 2.04 bits per heavy atom. The van der Waals surface area contributed by atoms with Gasteiger partial charge in [0.1, 0.15) is 0 Å². The highest BCUT2D eigenvalue weighted by molar-refractivity contribution is 5.83. The fourth-order valence-corrected chi connectivity index (χ4v) is 2.05. The van der Waals surface area contributed by atoms with E-state index in [4.69, 9.17) is 4.74 Å². The predicted octanol–water partition coefficient (Wildman–Crippen LogP) is 2.74. The molecule has 0 aliphatic rings. The molecule has 0 atom stereocenters. The van der Waals surface area contributed by atoms with Crippen LogP contribution in [0.4, 0.5) is 5.69 Å². The largest absolute Gasteiger partial charge is 0.504 e. The second-order valence-electron chi connectivity index (χ2n) is 5.12. The molecule has 0 unspecified atom stereocenters. The normalized spacial score (nSPS) is 10.5. The van der Waals surface area contributed by atoms with E-state index in [2.05, 4.69) is 15.8 Å². The Bertz CT molecular complexity index is 687. The van der Waals surface area contributed by atoms with Gasteiger partial charge in [0, 0.05) is 18.7 Å². The number of hydrogen-bond acceptors (Lipinski definition) is 5. The first-order chi connectivity index (χ1) is 11.7.